The normalized spacial score (nSPS) is 21.2. The summed E-state index contributed by atoms with van der Waals surface area (Å²) in [5, 5.41) is 8.92. The van der Waals surface area contributed by atoms with Gasteiger partial charge in [0.05, 0.1) is 6.54 Å². The maximum absolute atomic E-state index is 11.6. The van der Waals surface area contributed by atoms with E-state index in [1.165, 1.54) is 9.80 Å². The molecule has 1 aliphatic rings. The largest absolute Gasteiger partial charge is 0.480 e. The van der Waals surface area contributed by atoms with Crippen molar-refractivity contribution < 1.29 is 19.4 Å². The lowest BCUT2D eigenvalue weighted by molar-refractivity contribution is -0.141. The maximum Gasteiger partial charge on any atom is 0.328 e. The van der Waals surface area contributed by atoms with Gasteiger partial charge in [0.2, 0.25) is 0 Å². The van der Waals surface area contributed by atoms with E-state index in [2.05, 4.69) is 0 Å². The first-order valence-corrected chi connectivity index (χ1v) is 4.81. The van der Waals surface area contributed by atoms with E-state index < -0.39 is 12.0 Å². The zero-order chi connectivity index (χ0) is 11.4. The predicted molar refractivity (Wildman–Crippen MR) is 52.6 cm³/mol. The van der Waals surface area contributed by atoms with Gasteiger partial charge in [0.25, 0.3) is 0 Å². The Labute approximate surface area is 88.4 Å². The molecule has 2 amide bonds. The number of carboxylic acids is 1. The molecule has 1 heterocycles. The number of likely N-dealkylation sites (N-methyl/N-ethyl adjacent to an activating group) is 1. The number of hydrogen-bond acceptors (Lipinski definition) is 3. The molecule has 0 spiro atoms. The molecule has 0 saturated carbocycles. The lowest BCUT2D eigenvalue weighted by Crippen LogP contribution is -2.40. The fourth-order valence-corrected chi connectivity index (χ4v) is 1.63. The second kappa shape index (κ2) is 4.97. The molecule has 0 aliphatic carbocycles. The summed E-state index contributed by atoms with van der Waals surface area (Å²) in [5.41, 5.74) is 0. The Balaban J connectivity index is 2.56. The van der Waals surface area contributed by atoms with Crippen LogP contribution in [0.15, 0.2) is 0 Å². The highest BCUT2D eigenvalue weighted by Gasteiger charge is 2.39. The van der Waals surface area contributed by atoms with Gasteiger partial charge in [-0.25, -0.2) is 9.59 Å². The Hall–Kier alpha value is -1.30. The highest BCUT2D eigenvalue weighted by Crippen LogP contribution is 2.14. The molecule has 6 heteroatoms. The van der Waals surface area contributed by atoms with E-state index in [-0.39, 0.29) is 12.6 Å². The van der Waals surface area contributed by atoms with Gasteiger partial charge >= 0.3 is 12.0 Å². The number of hydrogen-bond donors (Lipinski definition) is 1. The van der Waals surface area contributed by atoms with Crippen LogP contribution in [-0.4, -0.2) is 66.8 Å². The average molecular weight is 216 g/mol. The summed E-state index contributed by atoms with van der Waals surface area (Å²) in [6.45, 7) is 1.20. The van der Waals surface area contributed by atoms with Gasteiger partial charge in [-0.05, 0) is 6.42 Å². The van der Waals surface area contributed by atoms with Crippen LogP contribution in [0.4, 0.5) is 4.79 Å². The number of methoxy groups -OCH3 is 1. The van der Waals surface area contributed by atoms with E-state index in [1.807, 2.05) is 0 Å². The third-order valence-corrected chi connectivity index (χ3v) is 2.43. The summed E-state index contributed by atoms with van der Waals surface area (Å²) in [5.74, 6) is -0.954. The number of carboxylic acid groups (broad SMARTS) is 1. The number of urea groups is 1. The van der Waals surface area contributed by atoms with Crippen LogP contribution in [0, 0.1) is 0 Å². The number of amides is 2. The number of nitrogens with zero attached hydrogens (tertiary/aromatic N) is 2. The lowest BCUT2D eigenvalue weighted by atomic mass is 10.2. The first-order valence-electron chi connectivity index (χ1n) is 4.81. The van der Waals surface area contributed by atoms with Crippen LogP contribution in [-0.2, 0) is 9.53 Å². The Morgan fingerprint density at radius 1 is 1.67 bits per heavy atom. The molecule has 0 aromatic rings. The number of carbonyl (C=O) groups excluding carboxylic acids is 1. The molecule has 1 unspecified atom stereocenters. The van der Waals surface area contributed by atoms with Crippen molar-refractivity contribution in [3.05, 3.63) is 0 Å². The first kappa shape index (κ1) is 11.8. The molecule has 1 aliphatic heterocycles. The Morgan fingerprint density at radius 2 is 2.33 bits per heavy atom. The van der Waals surface area contributed by atoms with E-state index in [4.69, 9.17) is 9.84 Å². The SMILES string of the molecule is COCCCN1C(=O)N(C)CC1C(=O)O. The highest BCUT2D eigenvalue weighted by atomic mass is 16.5. The monoisotopic (exact) mass is 216 g/mol. The van der Waals surface area contributed by atoms with Crippen molar-refractivity contribution in [3.8, 4) is 0 Å². The molecule has 1 rings (SSSR count). The predicted octanol–water partition coefficient (Wildman–Crippen LogP) is -0.156. The van der Waals surface area contributed by atoms with Crippen LogP contribution in [0.25, 0.3) is 0 Å². The van der Waals surface area contributed by atoms with Crippen molar-refractivity contribution in [2.75, 3.05) is 33.9 Å². The molecule has 1 N–H and O–H groups in total. The van der Waals surface area contributed by atoms with Gasteiger partial charge in [-0.2, -0.15) is 0 Å². The van der Waals surface area contributed by atoms with Crippen molar-refractivity contribution in [2.24, 2.45) is 0 Å². The number of aliphatic carboxylic acids is 1. The molecule has 15 heavy (non-hydrogen) atoms. The minimum Gasteiger partial charge on any atom is -0.480 e. The van der Waals surface area contributed by atoms with Crippen molar-refractivity contribution in [3.63, 3.8) is 0 Å². The van der Waals surface area contributed by atoms with Crippen LogP contribution >= 0.6 is 0 Å². The van der Waals surface area contributed by atoms with E-state index in [9.17, 15) is 9.59 Å². The summed E-state index contributed by atoms with van der Waals surface area (Å²) in [6, 6.07) is -0.946. The van der Waals surface area contributed by atoms with Gasteiger partial charge in [0.15, 0.2) is 0 Å². The van der Waals surface area contributed by atoms with E-state index in [1.54, 1.807) is 14.2 Å². The zero-order valence-corrected chi connectivity index (χ0v) is 8.97. The molecule has 1 atom stereocenters. The second-order valence-corrected chi connectivity index (χ2v) is 3.56. The number of carbonyl (C=O) groups is 2. The Bertz CT molecular complexity index is 256. The van der Waals surface area contributed by atoms with Crippen LogP contribution in [0.1, 0.15) is 6.42 Å². The number of ether oxygens (including phenoxy) is 1. The molecule has 0 radical (unpaired) electrons. The van der Waals surface area contributed by atoms with Crippen LogP contribution < -0.4 is 0 Å². The second-order valence-electron chi connectivity index (χ2n) is 3.56. The highest BCUT2D eigenvalue weighted by molar-refractivity contribution is 5.86. The van der Waals surface area contributed by atoms with Crippen LogP contribution in [0.2, 0.25) is 0 Å². The Kier molecular flexibility index (Phi) is 3.90. The van der Waals surface area contributed by atoms with E-state index in [0.717, 1.165) is 0 Å². The maximum atomic E-state index is 11.6. The molecule has 6 nitrogen and oxygen atoms in total. The quantitative estimate of drug-likeness (QED) is 0.648. The third kappa shape index (κ3) is 2.59. The fraction of sp³-hybridized carbons (Fsp3) is 0.778. The van der Waals surface area contributed by atoms with Gasteiger partial charge in [-0.3, -0.25) is 0 Å². The van der Waals surface area contributed by atoms with Gasteiger partial charge < -0.3 is 19.6 Å². The van der Waals surface area contributed by atoms with Gasteiger partial charge in [-0.15, -0.1) is 0 Å². The lowest BCUT2D eigenvalue weighted by Gasteiger charge is -2.19. The number of rotatable bonds is 5. The standard InChI is InChI=1S/C9H16N2O4/c1-10-6-7(8(12)13)11(9(10)14)4-3-5-15-2/h7H,3-6H2,1-2H3,(H,12,13). The van der Waals surface area contributed by atoms with Crippen molar-refractivity contribution in [1.82, 2.24) is 9.80 Å². The van der Waals surface area contributed by atoms with Crippen LogP contribution in [0.5, 0.6) is 0 Å². The van der Waals surface area contributed by atoms with E-state index >= 15 is 0 Å². The van der Waals surface area contributed by atoms with Gasteiger partial charge in [0, 0.05) is 27.3 Å². The fourth-order valence-electron chi connectivity index (χ4n) is 1.63. The Morgan fingerprint density at radius 3 is 2.87 bits per heavy atom. The van der Waals surface area contributed by atoms with Crippen molar-refractivity contribution >= 4 is 12.0 Å². The van der Waals surface area contributed by atoms with E-state index in [0.29, 0.717) is 19.6 Å². The first-order chi connectivity index (χ1) is 7.07. The molecule has 0 aromatic carbocycles. The third-order valence-electron chi connectivity index (χ3n) is 2.43. The van der Waals surface area contributed by atoms with Gasteiger partial charge in [0.1, 0.15) is 6.04 Å². The average Bonchev–Trinajstić information content (AvgIpc) is 2.46. The smallest absolute Gasteiger partial charge is 0.328 e. The van der Waals surface area contributed by atoms with Gasteiger partial charge in [-0.1, -0.05) is 0 Å². The molecular formula is C9H16N2O4. The molecule has 1 saturated heterocycles. The summed E-state index contributed by atoms with van der Waals surface area (Å²) in [7, 11) is 3.18. The summed E-state index contributed by atoms with van der Waals surface area (Å²) in [4.78, 5) is 25.2. The van der Waals surface area contributed by atoms with Crippen molar-refractivity contribution in [1.29, 1.82) is 0 Å². The minimum absolute atomic E-state index is 0.224. The van der Waals surface area contributed by atoms with Crippen molar-refractivity contribution in [2.45, 2.75) is 12.5 Å². The zero-order valence-electron chi connectivity index (χ0n) is 8.97. The summed E-state index contributed by atoms with van der Waals surface area (Å²) < 4.78 is 4.86. The minimum atomic E-state index is -0.954. The van der Waals surface area contributed by atoms with Crippen LogP contribution in [0.3, 0.4) is 0 Å². The molecular weight excluding hydrogens is 200 g/mol. The molecule has 0 bridgehead atoms. The topological polar surface area (TPSA) is 70.1 Å². The summed E-state index contributed by atoms with van der Waals surface area (Å²) in [6.07, 6.45) is 0.653. The molecule has 1 fully saturated rings. The molecule has 86 valence electrons. The molecule has 0 aromatic heterocycles. The summed E-state index contributed by atoms with van der Waals surface area (Å²) >= 11 is 0.